The van der Waals surface area contributed by atoms with E-state index in [0.717, 1.165) is 19.5 Å². The molecule has 0 aromatic heterocycles. The summed E-state index contributed by atoms with van der Waals surface area (Å²) < 4.78 is 26.8. The molecule has 0 saturated heterocycles. The van der Waals surface area contributed by atoms with Gasteiger partial charge in [-0.2, -0.15) is 0 Å². The van der Waals surface area contributed by atoms with Crippen LogP contribution >= 0.6 is 0 Å². The average molecular weight is 225 g/mol. The first-order valence-electron chi connectivity index (χ1n) is 5.48. The molecule has 88 valence electrons. The molecule has 0 aliphatic carbocycles. The molecule has 0 unspecified atom stereocenters. The smallest absolute Gasteiger partial charge is 0.136 e. The summed E-state index contributed by atoms with van der Waals surface area (Å²) in [6.45, 7) is 5.37. The van der Waals surface area contributed by atoms with E-state index in [0.29, 0.717) is 5.56 Å². The highest BCUT2D eigenvalue weighted by molar-refractivity contribution is 5.52. The summed E-state index contributed by atoms with van der Waals surface area (Å²) in [6, 6.07) is 2.74. The molecular weight excluding hydrogens is 208 g/mol. The zero-order valence-corrected chi connectivity index (χ0v) is 9.69. The number of aryl methyl sites for hydroxylation is 1. The summed E-state index contributed by atoms with van der Waals surface area (Å²) in [5.41, 5.74) is 0.518. The lowest BCUT2D eigenvalue weighted by Crippen LogP contribution is -2.12. The fourth-order valence-corrected chi connectivity index (χ4v) is 1.39. The lowest BCUT2D eigenvalue weighted by atomic mass is 10.1. The van der Waals surface area contributed by atoms with Crippen molar-refractivity contribution in [3.05, 3.63) is 41.0 Å². The standard InChI is InChI=1S/C13H17F2N/c1-3-16-9-5-4-6-11-12(14)8-7-10(2)13(11)15/h4,6-8,16H,3,5,9H2,1-2H3/b6-4+. The number of halogens is 2. The molecule has 16 heavy (non-hydrogen) atoms. The van der Waals surface area contributed by atoms with Crippen LogP contribution in [0.4, 0.5) is 8.78 Å². The third-order valence-corrected chi connectivity index (χ3v) is 2.34. The number of rotatable bonds is 5. The molecule has 0 heterocycles. The maximum absolute atomic E-state index is 13.5. The van der Waals surface area contributed by atoms with Gasteiger partial charge >= 0.3 is 0 Å². The summed E-state index contributed by atoms with van der Waals surface area (Å²) >= 11 is 0. The van der Waals surface area contributed by atoms with Crippen LogP contribution in [0.1, 0.15) is 24.5 Å². The first-order chi connectivity index (χ1) is 7.66. The van der Waals surface area contributed by atoms with Gasteiger partial charge in [-0.25, -0.2) is 8.78 Å². The van der Waals surface area contributed by atoms with Gasteiger partial charge in [-0.05, 0) is 38.1 Å². The predicted octanol–water partition coefficient (Wildman–Crippen LogP) is 3.29. The third kappa shape index (κ3) is 3.42. The highest BCUT2D eigenvalue weighted by Crippen LogP contribution is 2.17. The van der Waals surface area contributed by atoms with Crippen molar-refractivity contribution in [3.63, 3.8) is 0 Å². The Kier molecular flexibility index (Phi) is 5.12. The van der Waals surface area contributed by atoms with Gasteiger partial charge in [-0.3, -0.25) is 0 Å². The van der Waals surface area contributed by atoms with E-state index < -0.39 is 11.6 Å². The Morgan fingerprint density at radius 3 is 2.75 bits per heavy atom. The number of hydrogen-bond donors (Lipinski definition) is 1. The Morgan fingerprint density at radius 1 is 1.31 bits per heavy atom. The van der Waals surface area contributed by atoms with Gasteiger partial charge in [0, 0.05) is 5.56 Å². The molecule has 1 rings (SSSR count). The van der Waals surface area contributed by atoms with Crippen molar-refractivity contribution in [2.45, 2.75) is 20.3 Å². The molecule has 1 aromatic rings. The molecule has 0 aliphatic heterocycles. The fraction of sp³-hybridized carbons (Fsp3) is 0.385. The van der Waals surface area contributed by atoms with E-state index in [1.54, 1.807) is 13.0 Å². The molecule has 1 nitrogen and oxygen atoms in total. The molecule has 0 spiro atoms. The molecule has 0 radical (unpaired) electrons. The first-order valence-corrected chi connectivity index (χ1v) is 5.48. The van der Waals surface area contributed by atoms with Crippen molar-refractivity contribution >= 4 is 6.08 Å². The normalized spacial score (nSPS) is 11.2. The van der Waals surface area contributed by atoms with Crippen LogP contribution in [0.25, 0.3) is 6.08 Å². The largest absolute Gasteiger partial charge is 0.317 e. The van der Waals surface area contributed by atoms with Gasteiger partial charge in [0.1, 0.15) is 11.6 Å². The van der Waals surface area contributed by atoms with Crippen molar-refractivity contribution in [3.8, 4) is 0 Å². The molecular formula is C13H17F2N. The maximum atomic E-state index is 13.5. The van der Waals surface area contributed by atoms with Gasteiger partial charge in [0.2, 0.25) is 0 Å². The summed E-state index contributed by atoms with van der Waals surface area (Å²) in [6.07, 6.45) is 4.05. The van der Waals surface area contributed by atoms with Crippen LogP contribution in [-0.4, -0.2) is 13.1 Å². The van der Waals surface area contributed by atoms with Crippen molar-refractivity contribution < 1.29 is 8.78 Å². The van der Waals surface area contributed by atoms with E-state index in [2.05, 4.69) is 5.32 Å². The molecule has 0 fully saturated rings. The van der Waals surface area contributed by atoms with Crippen LogP contribution in [0, 0.1) is 18.6 Å². The Hall–Kier alpha value is -1.22. The highest BCUT2D eigenvalue weighted by Gasteiger charge is 2.07. The number of nitrogens with one attached hydrogen (secondary N) is 1. The summed E-state index contributed by atoms with van der Waals surface area (Å²) in [5.74, 6) is -0.984. The predicted molar refractivity (Wildman–Crippen MR) is 63.3 cm³/mol. The molecule has 1 aromatic carbocycles. The molecule has 0 amide bonds. The second-order valence-electron chi connectivity index (χ2n) is 3.64. The van der Waals surface area contributed by atoms with Gasteiger partial charge in [0.25, 0.3) is 0 Å². The summed E-state index contributed by atoms with van der Waals surface area (Å²) in [4.78, 5) is 0. The Morgan fingerprint density at radius 2 is 2.06 bits per heavy atom. The van der Waals surface area contributed by atoms with Crippen LogP contribution in [0.2, 0.25) is 0 Å². The van der Waals surface area contributed by atoms with Crippen LogP contribution in [-0.2, 0) is 0 Å². The van der Waals surface area contributed by atoms with E-state index in [1.807, 2.05) is 6.92 Å². The zero-order valence-electron chi connectivity index (χ0n) is 9.69. The number of hydrogen-bond acceptors (Lipinski definition) is 1. The Balaban J connectivity index is 2.69. The van der Waals surface area contributed by atoms with Crippen LogP contribution in [0.3, 0.4) is 0 Å². The molecule has 0 saturated carbocycles. The fourth-order valence-electron chi connectivity index (χ4n) is 1.39. The van der Waals surface area contributed by atoms with Gasteiger partial charge in [0.05, 0.1) is 0 Å². The van der Waals surface area contributed by atoms with E-state index in [1.165, 1.54) is 18.2 Å². The van der Waals surface area contributed by atoms with Crippen molar-refractivity contribution in [2.75, 3.05) is 13.1 Å². The third-order valence-electron chi connectivity index (χ3n) is 2.34. The summed E-state index contributed by atoms with van der Waals surface area (Å²) in [7, 11) is 0. The Bertz CT molecular complexity index is 372. The van der Waals surface area contributed by atoms with E-state index >= 15 is 0 Å². The molecule has 0 atom stereocenters. The second-order valence-corrected chi connectivity index (χ2v) is 3.64. The minimum atomic E-state index is -0.511. The maximum Gasteiger partial charge on any atom is 0.136 e. The topological polar surface area (TPSA) is 12.0 Å². The lowest BCUT2D eigenvalue weighted by molar-refractivity contribution is 0.572. The molecule has 0 bridgehead atoms. The minimum absolute atomic E-state index is 0.0523. The second kappa shape index (κ2) is 6.38. The van der Waals surface area contributed by atoms with Crippen LogP contribution < -0.4 is 5.32 Å². The van der Waals surface area contributed by atoms with Crippen molar-refractivity contribution in [1.29, 1.82) is 0 Å². The van der Waals surface area contributed by atoms with Gasteiger partial charge in [0.15, 0.2) is 0 Å². The highest BCUT2D eigenvalue weighted by atomic mass is 19.1. The van der Waals surface area contributed by atoms with E-state index in [4.69, 9.17) is 0 Å². The molecule has 0 aliphatic rings. The van der Waals surface area contributed by atoms with Gasteiger partial charge < -0.3 is 5.32 Å². The molecule has 1 N–H and O–H groups in total. The van der Waals surface area contributed by atoms with Gasteiger partial charge in [-0.1, -0.05) is 25.1 Å². The van der Waals surface area contributed by atoms with Crippen molar-refractivity contribution in [1.82, 2.24) is 5.32 Å². The SMILES string of the molecule is CCNCC/C=C/c1c(F)ccc(C)c1F. The Labute approximate surface area is 95.2 Å². The monoisotopic (exact) mass is 225 g/mol. The number of benzene rings is 1. The quantitative estimate of drug-likeness (QED) is 0.758. The first kappa shape index (κ1) is 12.8. The van der Waals surface area contributed by atoms with E-state index in [9.17, 15) is 8.78 Å². The lowest BCUT2D eigenvalue weighted by Gasteiger charge is -2.02. The zero-order chi connectivity index (χ0) is 12.0. The van der Waals surface area contributed by atoms with Crippen LogP contribution in [0.15, 0.2) is 18.2 Å². The van der Waals surface area contributed by atoms with Crippen molar-refractivity contribution in [2.24, 2.45) is 0 Å². The average Bonchev–Trinajstić information content (AvgIpc) is 2.28. The molecule has 3 heteroatoms. The van der Waals surface area contributed by atoms with Crippen LogP contribution in [0.5, 0.6) is 0 Å². The van der Waals surface area contributed by atoms with E-state index in [-0.39, 0.29) is 5.56 Å². The van der Waals surface area contributed by atoms with Gasteiger partial charge in [-0.15, -0.1) is 0 Å². The summed E-state index contributed by atoms with van der Waals surface area (Å²) in [5, 5.41) is 3.14. The minimum Gasteiger partial charge on any atom is -0.317 e.